The van der Waals surface area contributed by atoms with Gasteiger partial charge in [-0.1, -0.05) is 18.2 Å². The first-order valence-corrected chi connectivity index (χ1v) is 7.30. The first-order chi connectivity index (χ1) is 11.6. The van der Waals surface area contributed by atoms with Gasteiger partial charge in [0.25, 0.3) is 0 Å². The molecular formula is C18H15FN2O3. The maximum Gasteiger partial charge on any atom is 0.244 e. The lowest BCUT2D eigenvalue weighted by molar-refractivity contribution is -0.116. The van der Waals surface area contributed by atoms with Crippen molar-refractivity contribution in [2.75, 3.05) is 12.4 Å². The summed E-state index contributed by atoms with van der Waals surface area (Å²) in [5.41, 5.74) is 0.349. The van der Waals surface area contributed by atoms with Crippen LogP contribution in [0.4, 0.5) is 10.1 Å². The van der Waals surface area contributed by atoms with Gasteiger partial charge in [0.1, 0.15) is 18.1 Å². The predicted molar refractivity (Wildman–Crippen MR) is 89.8 cm³/mol. The Morgan fingerprint density at radius 2 is 1.96 bits per heavy atom. The monoisotopic (exact) mass is 326 g/mol. The number of aromatic nitrogens is 1. The maximum atomic E-state index is 14.1. The van der Waals surface area contributed by atoms with Crippen molar-refractivity contribution in [2.24, 2.45) is 0 Å². The molecule has 122 valence electrons. The largest absolute Gasteiger partial charge is 0.495 e. The van der Waals surface area contributed by atoms with Crippen LogP contribution in [0, 0.1) is 5.82 Å². The van der Waals surface area contributed by atoms with Crippen LogP contribution < -0.4 is 15.5 Å². The quantitative estimate of drug-likeness (QED) is 0.802. The number of methoxy groups -OCH3 is 1. The van der Waals surface area contributed by atoms with Crippen molar-refractivity contribution in [1.29, 1.82) is 0 Å². The summed E-state index contributed by atoms with van der Waals surface area (Å²) in [7, 11) is 1.51. The van der Waals surface area contributed by atoms with E-state index in [2.05, 4.69) is 5.32 Å². The molecule has 0 bridgehead atoms. The number of carbonyl (C=O) groups is 1. The van der Waals surface area contributed by atoms with Gasteiger partial charge >= 0.3 is 0 Å². The number of carbonyl (C=O) groups excluding carboxylic acids is 1. The number of halogens is 1. The van der Waals surface area contributed by atoms with E-state index in [1.54, 1.807) is 24.3 Å². The van der Waals surface area contributed by atoms with Crippen LogP contribution in [0.2, 0.25) is 0 Å². The van der Waals surface area contributed by atoms with Crippen LogP contribution in [-0.4, -0.2) is 17.6 Å². The van der Waals surface area contributed by atoms with Gasteiger partial charge in [0.2, 0.25) is 5.91 Å². The number of nitrogens with one attached hydrogen (secondary N) is 1. The van der Waals surface area contributed by atoms with Gasteiger partial charge in [-0.05, 0) is 24.3 Å². The highest BCUT2D eigenvalue weighted by molar-refractivity contribution is 5.93. The Bertz CT molecular complexity index is 966. The SMILES string of the molecule is COc1ccccc1NC(=O)Cn1ccc(=O)c2cccc(F)c21. The predicted octanol–water partition coefficient (Wildman–Crippen LogP) is 2.79. The molecule has 5 nitrogen and oxygen atoms in total. The van der Waals surface area contributed by atoms with Crippen molar-refractivity contribution in [3.63, 3.8) is 0 Å². The average Bonchev–Trinajstić information content (AvgIpc) is 2.58. The van der Waals surface area contributed by atoms with Crippen LogP contribution in [0.25, 0.3) is 10.9 Å². The molecule has 1 heterocycles. The van der Waals surface area contributed by atoms with Crippen molar-refractivity contribution < 1.29 is 13.9 Å². The highest BCUT2D eigenvalue weighted by Crippen LogP contribution is 2.23. The third kappa shape index (κ3) is 2.99. The minimum Gasteiger partial charge on any atom is -0.495 e. The number of ether oxygens (including phenoxy) is 1. The molecule has 1 amide bonds. The summed E-state index contributed by atoms with van der Waals surface area (Å²) in [5, 5.41) is 2.96. The van der Waals surface area contributed by atoms with Gasteiger partial charge < -0.3 is 14.6 Å². The Morgan fingerprint density at radius 3 is 2.75 bits per heavy atom. The standard InChI is InChI=1S/C18H15FN2O3/c1-24-16-8-3-2-7-14(16)20-17(23)11-21-10-9-15(22)12-5-4-6-13(19)18(12)21/h2-10H,11H2,1H3,(H,20,23). The Morgan fingerprint density at radius 1 is 1.17 bits per heavy atom. The molecule has 0 saturated carbocycles. The first-order valence-electron chi connectivity index (χ1n) is 7.30. The zero-order valence-electron chi connectivity index (χ0n) is 13.0. The van der Waals surface area contributed by atoms with Crippen LogP contribution in [0.3, 0.4) is 0 Å². The Labute approximate surface area is 137 Å². The molecule has 0 aliphatic carbocycles. The fraction of sp³-hybridized carbons (Fsp3) is 0.111. The minimum absolute atomic E-state index is 0.111. The molecule has 6 heteroatoms. The van der Waals surface area contributed by atoms with Crippen LogP contribution in [0.5, 0.6) is 5.75 Å². The zero-order valence-corrected chi connectivity index (χ0v) is 13.0. The van der Waals surface area contributed by atoms with Crippen molar-refractivity contribution in [2.45, 2.75) is 6.54 Å². The van der Waals surface area contributed by atoms with Crippen LogP contribution in [0.1, 0.15) is 0 Å². The normalized spacial score (nSPS) is 10.6. The summed E-state index contributed by atoms with van der Waals surface area (Å²) in [6.07, 6.45) is 1.41. The third-order valence-corrected chi connectivity index (χ3v) is 3.64. The lowest BCUT2D eigenvalue weighted by Crippen LogP contribution is -2.21. The van der Waals surface area contributed by atoms with E-state index in [-0.39, 0.29) is 28.8 Å². The summed E-state index contributed by atoms with van der Waals surface area (Å²) >= 11 is 0. The summed E-state index contributed by atoms with van der Waals surface area (Å²) in [6.45, 7) is -0.129. The molecule has 0 aliphatic rings. The second kappa shape index (κ2) is 6.54. The molecule has 2 aromatic carbocycles. The number of hydrogen-bond donors (Lipinski definition) is 1. The number of pyridine rings is 1. The molecule has 1 N–H and O–H groups in total. The Balaban J connectivity index is 1.92. The zero-order chi connectivity index (χ0) is 17.1. The number of rotatable bonds is 4. The third-order valence-electron chi connectivity index (χ3n) is 3.64. The van der Waals surface area contributed by atoms with Crippen LogP contribution >= 0.6 is 0 Å². The number of anilines is 1. The summed E-state index contributed by atoms with van der Waals surface area (Å²) < 4.78 is 20.7. The lowest BCUT2D eigenvalue weighted by atomic mass is 10.2. The number of benzene rings is 2. The van der Waals surface area contributed by atoms with Crippen LogP contribution in [0.15, 0.2) is 59.5 Å². The van der Waals surface area contributed by atoms with Gasteiger partial charge in [-0.3, -0.25) is 9.59 Å². The molecular weight excluding hydrogens is 311 g/mol. The number of nitrogens with zero attached hydrogens (tertiary/aromatic N) is 1. The van der Waals surface area contributed by atoms with Gasteiger partial charge in [0.05, 0.1) is 18.3 Å². The molecule has 0 atom stereocenters. The van der Waals surface area contributed by atoms with E-state index in [0.29, 0.717) is 11.4 Å². The number of hydrogen-bond acceptors (Lipinski definition) is 3. The maximum absolute atomic E-state index is 14.1. The molecule has 1 aromatic heterocycles. The van der Waals surface area contributed by atoms with Crippen LogP contribution in [-0.2, 0) is 11.3 Å². The fourth-order valence-corrected chi connectivity index (χ4v) is 2.55. The molecule has 3 aromatic rings. The Hall–Kier alpha value is -3.15. The second-order valence-electron chi connectivity index (χ2n) is 5.19. The number of amides is 1. The van der Waals surface area contributed by atoms with Gasteiger partial charge in [0, 0.05) is 17.6 Å². The van der Waals surface area contributed by atoms with E-state index in [1.165, 1.54) is 42.1 Å². The van der Waals surface area contributed by atoms with Gasteiger partial charge in [-0.25, -0.2) is 4.39 Å². The minimum atomic E-state index is -0.546. The molecule has 3 rings (SSSR count). The topological polar surface area (TPSA) is 60.3 Å². The van der Waals surface area contributed by atoms with E-state index >= 15 is 0 Å². The van der Waals surface area contributed by atoms with E-state index in [4.69, 9.17) is 4.74 Å². The second-order valence-corrected chi connectivity index (χ2v) is 5.19. The van der Waals surface area contributed by atoms with Crippen molar-refractivity contribution in [1.82, 2.24) is 4.57 Å². The fourth-order valence-electron chi connectivity index (χ4n) is 2.55. The van der Waals surface area contributed by atoms with E-state index in [9.17, 15) is 14.0 Å². The number of para-hydroxylation sites is 3. The molecule has 0 radical (unpaired) electrons. The molecule has 0 unspecified atom stereocenters. The van der Waals surface area contributed by atoms with E-state index < -0.39 is 5.82 Å². The lowest BCUT2D eigenvalue weighted by Gasteiger charge is -2.13. The van der Waals surface area contributed by atoms with E-state index in [0.717, 1.165) is 0 Å². The summed E-state index contributed by atoms with van der Waals surface area (Å²) in [5.74, 6) is -0.371. The van der Waals surface area contributed by atoms with Gasteiger partial charge in [-0.2, -0.15) is 0 Å². The highest BCUT2D eigenvalue weighted by Gasteiger charge is 2.12. The molecule has 0 aliphatic heterocycles. The van der Waals surface area contributed by atoms with Crippen molar-refractivity contribution in [3.8, 4) is 5.75 Å². The first kappa shape index (κ1) is 15.7. The Kier molecular flexibility index (Phi) is 4.29. The van der Waals surface area contributed by atoms with Gasteiger partial charge in [-0.15, -0.1) is 0 Å². The smallest absolute Gasteiger partial charge is 0.244 e. The average molecular weight is 326 g/mol. The van der Waals surface area contributed by atoms with Crippen molar-refractivity contribution in [3.05, 3.63) is 70.8 Å². The van der Waals surface area contributed by atoms with Crippen molar-refractivity contribution >= 4 is 22.5 Å². The highest BCUT2D eigenvalue weighted by atomic mass is 19.1. The number of fused-ring (bicyclic) bond motifs is 1. The van der Waals surface area contributed by atoms with Gasteiger partial charge in [0.15, 0.2) is 5.43 Å². The summed E-state index contributed by atoms with van der Waals surface area (Å²) in [6, 6.07) is 12.6. The molecule has 0 saturated heterocycles. The molecule has 0 spiro atoms. The molecule has 24 heavy (non-hydrogen) atoms. The van der Waals surface area contributed by atoms with E-state index in [1.807, 2.05) is 0 Å². The summed E-state index contributed by atoms with van der Waals surface area (Å²) in [4.78, 5) is 24.1. The molecule has 0 fully saturated rings.